The van der Waals surface area contributed by atoms with Gasteiger partial charge in [0.25, 0.3) is 0 Å². The third kappa shape index (κ3) is 2.02. The predicted octanol–water partition coefficient (Wildman–Crippen LogP) is 4.81. The Morgan fingerprint density at radius 2 is 1.74 bits per heavy atom. The van der Waals surface area contributed by atoms with E-state index in [0.29, 0.717) is 0 Å². The molecule has 0 radical (unpaired) electrons. The first-order valence-electron chi connectivity index (χ1n) is 6.28. The lowest BCUT2D eigenvalue weighted by molar-refractivity contribution is 1.19. The number of aromatic nitrogens is 2. The quantitative estimate of drug-likeness (QED) is 0.675. The highest BCUT2D eigenvalue weighted by atomic mass is 35.5. The minimum Gasteiger partial charge on any atom is -0.343 e. The maximum atomic E-state index is 5.97. The van der Waals surface area contributed by atoms with E-state index >= 15 is 0 Å². The van der Waals surface area contributed by atoms with Crippen molar-refractivity contribution in [2.45, 2.75) is 20.8 Å². The summed E-state index contributed by atoms with van der Waals surface area (Å²) in [6, 6.07) is 10.1. The molecule has 3 heteroatoms. The number of hydrogen-bond acceptors (Lipinski definition) is 1. The van der Waals surface area contributed by atoms with Crippen molar-refractivity contribution in [1.29, 1.82) is 0 Å². The summed E-state index contributed by atoms with van der Waals surface area (Å²) in [7, 11) is 0. The molecular weight excluding hydrogens is 256 g/mol. The second-order valence-corrected chi connectivity index (χ2v) is 5.35. The number of aryl methyl sites for hydroxylation is 3. The summed E-state index contributed by atoms with van der Waals surface area (Å²) < 4.78 is 0. The van der Waals surface area contributed by atoms with E-state index in [1.165, 1.54) is 27.8 Å². The van der Waals surface area contributed by atoms with Gasteiger partial charge in [-0.15, -0.1) is 0 Å². The van der Waals surface area contributed by atoms with Gasteiger partial charge in [-0.3, -0.25) is 0 Å². The molecule has 2 heterocycles. The molecule has 3 rings (SSSR count). The number of pyridine rings is 1. The lowest BCUT2D eigenvalue weighted by Gasteiger charge is -2.06. The number of hydrogen-bond donors (Lipinski definition) is 1. The van der Waals surface area contributed by atoms with Crippen LogP contribution in [-0.4, -0.2) is 9.97 Å². The van der Waals surface area contributed by atoms with Gasteiger partial charge in [0.05, 0.1) is 0 Å². The number of benzene rings is 1. The average molecular weight is 271 g/mol. The molecule has 1 aromatic carbocycles. The van der Waals surface area contributed by atoms with Crippen LogP contribution in [0.4, 0.5) is 0 Å². The Hall–Kier alpha value is -1.80. The zero-order valence-corrected chi connectivity index (χ0v) is 12.0. The standard InChI is InChI=1S/C16H15ClN2/c1-9-8-14(12-4-6-13(17)7-5-12)15-10(2)11(3)19-16(15)18-9/h4-8H,1-3H3,(H,18,19). The van der Waals surface area contributed by atoms with Gasteiger partial charge in [0.1, 0.15) is 5.65 Å². The molecule has 0 aliphatic heterocycles. The molecule has 19 heavy (non-hydrogen) atoms. The summed E-state index contributed by atoms with van der Waals surface area (Å²) >= 11 is 5.97. The van der Waals surface area contributed by atoms with Crippen molar-refractivity contribution in [3.05, 3.63) is 52.3 Å². The zero-order chi connectivity index (χ0) is 13.6. The fourth-order valence-electron chi connectivity index (χ4n) is 2.46. The highest BCUT2D eigenvalue weighted by Crippen LogP contribution is 2.32. The molecular formula is C16H15ClN2. The van der Waals surface area contributed by atoms with Gasteiger partial charge in [-0.05, 0) is 55.7 Å². The topological polar surface area (TPSA) is 28.7 Å². The Labute approximate surface area is 117 Å². The molecule has 0 aliphatic rings. The van der Waals surface area contributed by atoms with Crippen LogP contribution in [-0.2, 0) is 0 Å². The summed E-state index contributed by atoms with van der Waals surface area (Å²) in [6.07, 6.45) is 0. The van der Waals surface area contributed by atoms with E-state index in [9.17, 15) is 0 Å². The average Bonchev–Trinajstić information content (AvgIpc) is 2.65. The first-order chi connectivity index (χ1) is 9.06. The number of H-pyrrole nitrogens is 1. The minimum absolute atomic E-state index is 0.757. The molecule has 0 aliphatic carbocycles. The van der Waals surface area contributed by atoms with Crippen molar-refractivity contribution >= 4 is 22.6 Å². The molecule has 0 atom stereocenters. The molecule has 0 amide bonds. The van der Waals surface area contributed by atoms with Gasteiger partial charge in [-0.1, -0.05) is 23.7 Å². The Bertz CT molecular complexity index is 755. The molecule has 0 unspecified atom stereocenters. The van der Waals surface area contributed by atoms with E-state index in [-0.39, 0.29) is 0 Å². The van der Waals surface area contributed by atoms with Crippen LogP contribution in [0, 0.1) is 20.8 Å². The van der Waals surface area contributed by atoms with Crippen LogP contribution in [0.5, 0.6) is 0 Å². The lowest BCUT2D eigenvalue weighted by Crippen LogP contribution is -1.87. The van der Waals surface area contributed by atoms with E-state index in [0.717, 1.165) is 16.4 Å². The van der Waals surface area contributed by atoms with Crippen LogP contribution >= 0.6 is 11.6 Å². The van der Waals surface area contributed by atoms with E-state index in [2.05, 4.69) is 42.0 Å². The summed E-state index contributed by atoms with van der Waals surface area (Å²) in [5.41, 5.74) is 6.78. The molecule has 2 aromatic heterocycles. The van der Waals surface area contributed by atoms with Crippen LogP contribution < -0.4 is 0 Å². The maximum absolute atomic E-state index is 5.97. The Morgan fingerprint density at radius 1 is 1.05 bits per heavy atom. The van der Waals surface area contributed by atoms with Crippen molar-refractivity contribution in [3.8, 4) is 11.1 Å². The molecule has 0 bridgehead atoms. The van der Waals surface area contributed by atoms with Gasteiger partial charge < -0.3 is 4.98 Å². The first-order valence-corrected chi connectivity index (χ1v) is 6.66. The van der Waals surface area contributed by atoms with E-state index < -0.39 is 0 Å². The third-order valence-electron chi connectivity index (χ3n) is 3.55. The normalized spacial score (nSPS) is 11.2. The molecule has 0 saturated carbocycles. The smallest absolute Gasteiger partial charge is 0.138 e. The minimum atomic E-state index is 0.757. The predicted molar refractivity (Wildman–Crippen MR) is 80.8 cm³/mol. The number of halogens is 1. The summed E-state index contributed by atoms with van der Waals surface area (Å²) in [5, 5.41) is 1.96. The molecule has 0 fully saturated rings. The van der Waals surface area contributed by atoms with Gasteiger partial charge in [-0.2, -0.15) is 0 Å². The molecule has 1 N–H and O–H groups in total. The number of fused-ring (bicyclic) bond motifs is 1. The number of aromatic amines is 1. The largest absolute Gasteiger partial charge is 0.343 e. The van der Waals surface area contributed by atoms with Crippen molar-refractivity contribution < 1.29 is 0 Å². The van der Waals surface area contributed by atoms with Gasteiger partial charge in [0.2, 0.25) is 0 Å². The summed E-state index contributed by atoms with van der Waals surface area (Å²) in [4.78, 5) is 7.93. The fourth-order valence-corrected chi connectivity index (χ4v) is 2.59. The van der Waals surface area contributed by atoms with Gasteiger partial charge in [0.15, 0.2) is 0 Å². The monoisotopic (exact) mass is 270 g/mol. The van der Waals surface area contributed by atoms with E-state index in [4.69, 9.17) is 11.6 Å². The number of nitrogens with zero attached hydrogens (tertiary/aromatic N) is 1. The van der Waals surface area contributed by atoms with Crippen molar-refractivity contribution in [2.24, 2.45) is 0 Å². The molecule has 0 spiro atoms. The van der Waals surface area contributed by atoms with Gasteiger partial charge in [-0.25, -0.2) is 4.98 Å². The maximum Gasteiger partial charge on any atom is 0.138 e. The molecule has 96 valence electrons. The van der Waals surface area contributed by atoms with Gasteiger partial charge >= 0.3 is 0 Å². The van der Waals surface area contributed by atoms with Crippen LogP contribution in [0.2, 0.25) is 5.02 Å². The Kier molecular flexibility index (Phi) is 2.83. The molecule has 0 saturated heterocycles. The summed E-state index contributed by atoms with van der Waals surface area (Å²) in [6.45, 7) is 6.23. The highest BCUT2D eigenvalue weighted by molar-refractivity contribution is 6.30. The van der Waals surface area contributed by atoms with Crippen LogP contribution in [0.3, 0.4) is 0 Å². The Balaban J connectivity index is 2.36. The molecule has 3 aromatic rings. The second kappa shape index (κ2) is 4.39. The fraction of sp³-hybridized carbons (Fsp3) is 0.188. The molecule has 2 nitrogen and oxygen atoms in total. The van der Waals surface area contributed by atoms with Crippen molar-refractivity contribution in [3.63, 3.8) is 0 Å². The lowest BCUT2D eigenvalue weighted by atomic mass is 10.00. The second-order valence-electron chi connectivity index (χ2n) is 4.92. The van der Waals surface area contributed by atoms with E-state index in [1.807, 2.05) is 19.1 Å². The van der Waals surface area contributed by atoms with Crippen LogP contribution in [0.15, 0.2) is 30.3 Å². The van der Waals surface area contributed by atoms with Crippen LogP contribution in [0.1, 0.15) is 17.0 Å². The summed E-state index contributed by atoms with van der Waals surface area (Å²) in [5.74, 6) is 0. The van der Waals surface area contributed by atoms with Crippen molar-refractivity contribution in [2.75, 3.05) is 0 Å². The zero-order valence-electron chi connectivity index (χ0n) is 11.2. The third-order valence-corrected chi connectivity index (χ3v) is 3.80. The first kappa shape index (κ1) is 12.2. The van der Waals surface area contributed by atoms with Crippen LogP contribution in [0.25, 0.3) is 22.2 Å². The highest BCUT2D eigenvalue weighted by Gasteiger charge is 2.12. The van der Waals surface area contributed by atoms with E-state index in [1.54, 1.807) is 0 Å². The number of rotatable bonds is 1. The SMILES string of the molecule is Cc1cc(-c2ccc(Cl)cc2)c2c(C)c(C)[nH]c2n1. The van der Waals surface area contributed by atoms with Gasteiger partial charge in [0, 0.05) is 21.8 Å². The number of nitrogens with one attached hydrogen (secondary N) is 1. The van der Waals surface area contributed by atoms with Crippen molar-refractivity contribution in [1.82, 2.24) is 9.97 Å². The Morgan fingerprint density at radius 3 is 2.42 bits per heavy atom.